The zero-order chi connectivity index (χ0) is 10.3. The smallest absolute Gasteiger partial charge is 0.0768 e. The van der Waals surface area contributed by atoms with Crippen LogP contribution in [0, 0.1) is 5.92 Å². The summed E-state index contributed by atoms with van der Waals surface area (Å²) in [5.74, 6) is -0.102. The van der Waals surface area contributed by atoms with Crippen LogP contribution in [0.1, 0.15) is 39.5 Å². The Hall–Kier alpha value is -0.340. The highest BCUT2D eigenvalue weighted by atomic mass is 16.3. The van der Waals surface area contributed by atoms with Crippen molar-refractivity contribution >= 4 is 0 Å². The second-order valence-electron chi connectivity index (χ2n) is 3.65. The minimum Gasteiger partial charge on any atom is -0.393 e. The van der Waals surface area contributed by atoms with Crippen LogP contribution in [-0.4, -0.2) is 22.4 Å². The Morgan fingerprint density at radius 1 is 1.31 bits per heavy atom. The Kier molecular flexibility index (Phi) is 6.92. The highest BCUT2D eigenvalue weighted by Gasteiger charge is 2.19. The molecule has 0 heterocycles. The van der Waals surface area contributed by atoms with Gasteiger partial charge in [0.2, 0.25) is 0 Å². The summed E-state index contributed by atoms with van der Waals surface area (Å²) >= 11 is 0. The van der Waals surface area contributed by atoms with E-state index in [0.717, 1.165) is 25.7 Å². The average Bonchev–Trinajstić information content (AvgIpc) is 2.15. The van der Waals surface area contributed by atoms with E-state index in [1.807, 2.05) is 6.92 Å². The quantitative estimate of drug-likeness (QED) is 0.472. The molecule has 0 aliphatic heterocycles. The van der Waals surface area contributed by atoms with Gasteiger partial charge in [-0.25, -0.2) is 0 Å². The van der Waals surface area contributed by atoms with E-state index in [1.165, 1.54) is 6.08 Å². The van der Waals surface area contributed by atoms with Crippen molar-refractivity contribution in [3.05, 3.63) is 12.7 Å². The summed E-state index contributed by atoms with van der Waals surface area (Å²) < 4.78 is 0. The first-order valence-electron chi connectivity index (χ1n) is 5.12. The van der Waals surface area contributed by atoms with E-state index in [0.29, 0.717) is 0 Å². The van der Waals surface area contributed by atoms with Gasteiger partial charge in [0.1, 0.15) is 0 Å². The van der Waals surface area contributed by atoms with Crippen LogP contribution in [-0.2, 0) is 0 Å². The fourth-order valence-electron chi connectivity index (χ4n) is 1.31. The predicted octanol–water partition coefficient (Wildman–Crippen LogP) is 2.11. The fourth-order valence-corrected chi connectivity index (χ4v) is 1.31. The van der Waals surface area contributed by atoms with E-state index in [2.05, 4.69) is 13.5 Å². The molecule has 3 atom stereocenters. The molecule has 0 saturated heterocycles. The monoisotopic (exact) mass is 186 g/mol. The van der Waals surface area contributed by atoms with Gasteiger partial charge < -0.3 is 10.2 Å². The van der Waals surface area contributed by atoms with Crippen LogP contribution in [0.3, 0.4) is 0 Å². The lowest BCUT2D eigenvalue weighted by molar-refractivity contribution is 0.0386. The molecular formula is C11H22O2. The molecule has 0 aliphatic rings. The average molecular weight is 186 g/mol. The van der Waals surface area contributed by atoms with Crippen LogP contribution in [0.2, 0.25) is 0 Å². The van der Waals surface area contributed by atoms with Crippen molar-refractivity contribution in [3.8, 4) is 0 Å². The number of hydrogen-bond donors (Lipinski definition) is 2. The molecule has 2 heteroatoms. The zero-order valence-electron chi connectivity index (χ0n) is 8.74. The molecule has 0 aromatic rings. The third-order valence-corrected chi connectivity index (χ3v) is 2.49. The summed E-state index contributed by atoms with van der Waals surface area (Å²) in [7, 11) is 0. The maximum Gasteiger partial charge on any atom is 0.0768 e. The highest BCUT2D eigenvalue weighted by Crippen LogP contribution is 2.15. The highest BCUT2D eigenvalue weighted by molar-refractivity contribution is 4.85. The predicted molar refractivity (Wildman–Crippen MR) is 55.5 cm³/mol. The molecule has 0 fully saturated rings. The molecule has 0 aromatic carbocycles. The van der Waals surface area contributed by atoms with E-state index >= 15 is 0 Å². The van der Waals surface area contributed by atoms with E-state index in [9.17, 15) is 10.2 Å². The first-order chi connectivity index (χ1) is 6.13. The van der Waals surface area contributed by atoms with Gasteiger partial charge in [-0.3, -0.25) is 0 Å². The Labute approximate surface area is 81.3 Å². The molecular weight excluding hydrogens is 164 g/mol. The van der Waals surface area contributed by atoms with Gasteiger partial charge in [-0.2, -0.15) is 0 Å². The van der Waals surface area contributed by atoms with Crippen molar-refractivity contribution in [2.45, 2.75) is 51.7 Å². The molecule has 13 heavy (non-hydrogen) atoms. The molecule has 0 saturated carbocycles. The molecule has 0 spiro atoms. The Morgan fingerprint density at radius 3 is 2.38 bits per heavy atom. The fraction of sp³-hybridized carbons (Fsp3) is 0.818. The summed E-state index contributed by atoms with van der Waals surface area (Å²) in [6.45, 7) is 7.48. The minimum atomic E-state index is -0.586. The van der Waals surface area contributed by atoms with Gasteiger partial charge in [-0.1, -0.05) is 39.2 Å². The number of rotatable bonds is 7. The summed E-state index contributed by atoms with van der Waals surface area (Å²) in [5, 5.41) is 19.0. The lowest BCUT2D eigenvalue weighted by atomic mass is 9.94. The maximum absolute atomic E-state index is 9.64. The lowest BCUT2D eigenvalue weighted by Crippen LogP contribution is -2.27. The third-order valence-electron chi connectivity index (χ3n) is 2.49. The normalized spacial score (nSPS) is 17.8. The Morgan fingerprint density at radius 2 is 1.92 bits per heavy atom. The largest absolute Gasteiger partial charge is 0.393 e. The Balaban J connectivity index is 3.68. The summed E-state index contributed by atoms with van der Waals surface area (Å²) in [6, 6.07) is 0. The van der Waals surface area contributed by atoms with Crippen molar-refractivity contribution in [1.82, 2.24) is 0 Å². The van der Waals surface area contributed by atoms with Gasteiger partial charge in [0.25, 0.3) is 0 Å². The molecule has 0 rings (SSSR count). The van der Waals surface area contributed by atoms with E-state index in [-0.39, 0.29) is 5.92 Å². The van der Waals surface area contributed by atoms with Gasteiger partial charge in [0.05, 0.1) is 12.2 Å². The van der Waals surface area contributed by atoms with Crippen LogP contribution in [0.5, 0.6) is 0 Å². The first-order valence-corrected chi connectivity index (χ1v) is 5.12. The van der Waals surface area contributed by atoms with Gasteiger partial charge in [0, 0.05) is 5.92 Å². The van der Waals surface area contributed by atoms with Crippen molar-refractivity contribution in [3.63, 3.8) is 0 Å². The van der Waals surface area contributed by atoms with Gasteiger partial charge in [-0.05, 0) is 6.42 Å². The maximum atomic E-state index is 9.64. The standard InChI is InChI=1S/C11H22O2/c1-4-6-7-8-11(13)9(3)10(12)5-2/h5,9-13H,2,4,6-8H2,1,3H3/t9-,10-,11+/m0/s1. The molecule has 0 aromatic heterocycles. The first kappa shape index (κ1) is 12.7. The zero-order valence-corrected chi connectivity index (χ0v) is 8.74. The number of unbranched alkanes of at least 4 members (excludes halogenated alkanes) is 2. The molecule has 2 nitrogen and oxygen atoms in total. The number of hydrogen-bond acceptors (Lipinski definition) is 2. The molecule has 78 valence electrons. The molecule has 0 bridgehead atoms. The molecule has 0 amide bonds. The molecule has 0 unspecified atom stereocenters. The summed E-state index contributed by atoms with van der Waals surface area (Å²) in [6.07, 6.45) is 4.61. The van der Waals surface area contributed by atoms with Crippen LogP contribution in [0.4, 0.5) is 0 Å². The summed E-state index contributed by atoms with van der Waals surface area (Å²) in [5.41, 5.74) is 0. The second-order valence-corrected chi connectivity index (χ2v) is 3.65. The van der Waals surface area contributed by atoms with Gasteiger partial charge in [-0.15, -0.1) is 6.58 Å². The number of aliphatic hydroxyl groups excluding tert-OH is 2. The van der Waals surface area contributed by atoms with Gasteiger partial charge >= 0.3 is 0 Å². The van der Waals surface area contributed by atoms with Gasteiger partial charge in [0.15, 0.2) is 0 Å². The minimum absolute atomic E-state index is 0.102. The second kappa shape index (κ2) is 7.10. The van der Waals surface area contributed by atoms with Crippen molar-refractivity contribution in [1.29, 1.82) is 0 Å². The summed E-state index contributed by atoms with van der Waals surface area (Å²) in [4.78, 5) is 0. The third kappa shape index (κ3) is 5.06. The van der Waals surface area contributed by atoms with E-state index < -0.39 is 12.2 Å². The van der Waals surface area contributed by atoms with Crippen molar-refractivity contribution < 1.29 is 10.2 Å². The topological polar surface area (TPSA) is 40.5 Å². The van der Waals surface area contributed by atoms with Crippen LogP contribution in [0.25, 0.3) is 0 Å². The molecule has 2 N–H and O–H groups in total. The SMILES string of the molecule is C=C[C@H](O)[C@H](C)[C@H](O)CCCCC. The number of aliphatic hydroxyl groups is 2. The van der Waals surface area contributed by atoms with Crippen LogP contribution >= 0.6 is 0 Å². The lowest BCUT2D eigenvalue weighted by Gasteiger charge is -2.21. The van der Waals surface area contributed by atoms with E-state index in [1.54, 1.807) is 0 Å². The van der Waals surface area contributed by atoms with E-state index in [4.69, 9.17) is 0 Å². The van der Waals surface area contributed by atoms with Crippen molar-refractivity contribution in [2.75, 3.05) is 0 Å². The van der Waals surface area contributed by atoms with Crippen LogP contribution in [0.15, 0.2) is 12.7 Å². The molecule has 0 aliphatic carbocycles. The van der Waals surface area contributed by atoms with Crippen molar-refractivity contribution in [2.24, 2.45) is 5.92 Å². The molecule has 0 radical (unpaired) electrons. The van der Waals surface area contributed by atoms with Crippen LogP contribution < -0.4 is 0 Å². The Bertz CT molecular complexity index is 134.